The SMILES string of the molecule is CC1(C)[C@H](C(=O)OC2OC(=O)c3ccccc32)N2C(=O)C(NC(=O)OCc3ccccc3)[C@H]2S1(=O)=O. The quantitative estimate of drug-likeness (QED) is 0.463. The Bertz CT molecular complexity index is 1370. The highest BCUT2D eigenvalue weighted by atomic mass is 32.2. The van der Waals surface area contributed by atoms with Crippen molar-refractivity contribution in [2.24, 2.45) is 0 Å². The van der Waals surface area contributed by atoms with E-state index in [9.17, 15) is 27.6 Å². The lowest BCUT2D eigenvalue weighted by atomic mass is 9.96. The summed E-state index contributed by atoms with van der Waals surface area (Å²) in [7, 11) is -4.13. The molecule has 2 amide bonds. The van der Waals surface area contributed by atoms with Crippen molar-refractivity contribution in [1.82, 2.24) is 10.2 Å². The number of benzene rings is 2. The van der Waals surface area contributed by atoms with Crippen LogP contribution in [0.2, 0.25) is 0 Å². The molecule has 2 unspecified atom stereocenters. The number of hydrogen-bond donors (Lipinski definition) is 1. The summed E-state index contributed by atoms with van der Waals surface area (Å²) in [6, 6.07) is 12.2. The molecule has 3 aliphatic heterocycles. The molecule has 5 rings (SSSR count). The largest absolute Gasteiger partial charge is 0.445 e. The highest BCUT2D eigenvalue weighted by molar-refractivity contribution is 7.94. The fraction of sp³-hybridized carbons (Fsp3) is 0.333. The van der Waals surface area contributed by atoms with Gasteiger partial charge in [0.1, 0.15) is 23.4 Å². The van der Waals surface area contributed by atoms with Crippen LogP contribution in [0.1, 0.15) is 41.6 Å². The smallest absolute Gasteiger partial charge is 0.408 e. The Morgan fingerprint density at radius 1 is 1.06 bits per heavy atom. The second-order valence-electron chi connectivity index (χ2n) is 9.13. The van der Waals surface area contributed by atoms with E-state index in [0.717, 1.165) is 4.90 Å². The monoisotopic (exact) mass is 514 g/mol. The molecule has 0 spiro atoms. The first kappa shape index (κ1) is 23.8. The Balaban J connectivity index is 1.31. The number of esters is 2. The normalized spacial score (nSPS) is 26.8. The van der Waals surface area contributed by atoms with Gasteiger partial charge in [0.2, 0.25) is 5.91 Å². The van der Waals surface area contributed by atoms with E-state index in [1.54, 1.807) is 48.5 Å². The van der Waals surface area contributed by atoms with Gasteiger partial charge in [-0.15, -0.1) is 0 Å². The van der Waals surface area contributed by atoms with Gasteiger partial charge in [0.25, 0.3) is 6.29 Å². The Morgan fingerprint density at radius 3 is 2.44 bits per heavy atom. The number of rotatable bonds is 5. The molecule has 0 bridgehead atoms. The van der Waals surface area contributed by atoms with Crippen molar-refractivity contribution in [1.29, 1.82) is 0 Å². The maximum atomic E-state index is 13.3. The van der Waals surface area contributed by atoms with Gasteiger partial charge in [-0.05, 0) is 25.5 Å². The maximum absolute atomic E-state index is 13.3. The van der Waals surface area contributed by atoms with E-state index in [2.05, 4.69) is 5.32 Å². The van der Waals surface area contributed by atoms with Gasteiger partial charge in [0.05, 0.1) is 5.56 Å². The molecular weight excluding hydrogens is 492 g/mol. The summed E-state index contributed by atoms with van der Waals surface area (Å²) in [5.41, 5.74) is 1.26. The number of nitrogens with zero attached hydrogens (tertiary/aromatic N) is 1. The average Bonchev–Trinajstić information content (AvgIpc) is 3.23. The zero-order valence-corrected chi connectivity index (χ0v) is 20.1. The topological polar surface area (TPSA) is 145 Å². The van der Waals surface area contributed by atoms with Crippen LogP contribution in [-0.4, -0.2) is 59.5 Å². The Morgan fingerprint density at radius 2 is 1.72 bits per heavy atom. The van der Waals surface area contributed by atoms with Crippen molar-refractivity contribution in [3.8, 4) is 0 Å². The number of amides is 2. The van der Waals surface area contributed by atoms with Crippen LogP contribution in [0.15, 0.2) is 54.6 Å². The second kappa shape index (κ2) is 8.33. The van der Waals surface area contributed by atoms with E-state index in [1.807, 2.05) is 0 Å². The van der Waals surface area contributed by atoms with E-state index >= 15 is 0 Å². The molecule has 0 saturated carbocycles. The van der Waals surface area contributed by atoms with Crippen LogP contribution in [0.5, 0.6) is 0 Å². The van der Waals surface area contributed by atoms with E-state index in [-0.39, 0.29) is 12.2 Å². The van der Waals surface area contributed by atoms with Crippen LogP contribution in [0.25, 0.3) is 0 Å². The lowest BCUT2D eigenvalue weighted by Crippen LogP contribution is -2.72. The van der Waals surface area contributed by atoms with Crippen LogP contribution in [-0.2, 0) is 40.2 Å². The molecule has 188 valence electrons. The van der Waals surface area contributed by atoms with Crippen LogP contribution >= 0.6 is 0 Å². The third-order valence-corrected chi connectivity index (χ3v) is 9.47. The molecule has 12 heteroatoms. The molecule has 3 heterocycles. The number of cyclic esters (lactones) is 1. The lowest BCUT2D eigenvalue weighted by Gasteiger charge is -2.42. The summed E-state index contributed by atoms with van der Waals surface area (Å²) in [6.07, 6.45) is -2.33. The molecule has 2 aromatic rings. The first-order valence-corrected chi connectivity index (χ1v) is 12.6. The molecule has 4 atom stereocenters. The maximum Gasteiger partial charge on any atom is 0.408 e. The summed E-state index contributed by atoms with van der Waals surface area (Å²) in [5, 5.41) is 0.828. The summed E-state index contributed by atoms with van der Waals surface area (Å²) in [5.74, 6) is -2.49. The summed E-state index contributed by atoms with van der Waals surface area (Å²) >= 11 is 0. The van der Waals surface area contributed by atoms with Gasteiger partial charge in [0.15, 0.2) is 15.2 Å². The first-order valence-electron chi connectivity index (χ1n) is 11.1. The van der Waals surface area contributed by atoms with Crippen molar-refractivity contribution in [3.05, 3.63) is 71.3 Å². The predicted octanol–water partition coefficient (Wildman–Crippen LogP) is 1.44. The van der Waals surface area contributed by atoms with Gasteiger partial charge in [-0.1, -0.05) is 48.5 Å². The highest BCUT2D eigenvalue weighted by Gasteiger charge is 2.73. The molecule has 36 heavy (non-hydrogen) atoms. The minimum atomic E-state index is -4.13. The van der Waals surface area contributed by atoms with Crippen molar-refractivity contribution >= 4 is 33.8 Å². The number of fused-ring (bicyclic) bond motifs is 2. The molecule has 2 fully saturated rings. The van der Waals surface area contributed by atoms with E-state index < -0.39 is 62.3 Å². The molecule has 3 aliphatic rings. The minimum Gasteiger partial charge on any atom is -0.445 e. The number of carbonyl (C=O) groups excluding carboxylic acids is 4. The first-order chi connectivity index (χ1) is 17.0. The van der Waals surface area contributed by atoms with Gasteiger partial charge < -0.3 is 24.4 Å². The minimum absolute atomic E-state index is 0.0727. The molecule has 11 nitrogen and oxygen atoms in total. The summed E-state index contributed by atoms with van der Waals surface area (Å²) in [6.45, 7) is 2.54. The zero-order valence-electron chi connectivity index (χ0n) is 19.2. The van der Waals surface area contributed by atoms with Gasteiger partial charge in [0, 0.05) is 5.56 Å². The van der Waals surface area contributed by atoms with Crippen LogP contribution in [0, 0.1) is 0 Å². The molecule has 0 aliphatic carbocycles. The number of nitrogens with one attached hydrogen (secondary N) is 1. The van der Waals surface area contributed by atoms with Gasteiger partial charge in [-0.3, -0.25) is 4.79 Å². The van der Waals surface area contributed by atoms with Crippen LogP contribution in [0.4, 0.5) is 4.79 Å². The van der Waals surface area contributed by atoms with Crippen LogP contribution < -0.4 is 5.32 Å². The van der Waals surface area contributed by atoms with Crippen molar-refractivity contribution in [3.63, 3.8) is 0 Å². The predicted molar refractivity (Wildman–Crippen MR) is 122 cm³/mol. The average molecular weight is 515 g/mol. The lowest BCUT2D eigenvalue weighted by molar-refractivity contribution is -0.180. The Kier molecular flexibility index (Phi) is 5.51. The highest BCUT2D eigenvalue weighted by Crippen LogP contribution is 2.47. The molecule has 0 aromatic heterocycles. The fourth-order valence-corrected chi connectivity index (χ4v) is 6.89. The summed E-state index contributed by atoms with van der Waals surface area (Å²) < 4.78 is 40.5. The molecular formula is C24H22N2O9S. The van der Waals surface area contributed by atoms with E-state index in [0.29, 0.717) is 11.1 Å². The molecule has 2 saturated heterocycles. The van der Waals surface area contributed by atoms with Gasteiger partial charge >= 0.3 is 18.0 Å². The molecule has 2 aromatic carbocycles. The fourth-order valence-electron chi connectivity index (χ4n) is 4.68. The Labute approximate surface area is 206 Å². The van der Waals surface area contributed by atoms with E-state index in [4.69, 9.17) is 14.2 Å². The number of ether oxygens (including phenoxy) is 3. The van der Waals surface area contributed by atoms with Crippen molar-refractivity contribution < 1.29 is 41.8 Å². The standard InChI is InChI=1S/C24H22N2O9S/c1-24(2)17(21(29)35-22-15-11-7-6-10-14(15)20(28)34-22)26-18(27)16(19(26)36(24,31)32)25-23(30)33-12-13-8-4-3-5-9-13/h3-11,16-17,19,22H,12H2,1-2H3,(H,25,30)/t16?,17-,19+,22?/m0/s1. The molecule has 1 N–H and O–H groups in total. The van der Waals surface area contributed by atoms with E-state index in [1.165, 1.54) is 19.9 Å². The van der Waals surface area contributed by atoms with Gasteiger partial charge in [-0.2, -0.15) is 0 Å². The third-order valence-electron chi connectivity index (χ3n) is 6.65. The third kappa shape index (κ3) is 3.51. The molecule has 0 radical (unpaired) electrons. The van der Waals surface area contributed by atoms with Crippen molar-refractivity contribution in [2.45, 2.75) is 48.9 Å². The number of alkyl carbamates (subject to hydrolysis) is 1. The Hall–Kier alpha value is -3.93. The number of β-lactam (4-membered cyclic amide) rings is 1. The second-order valence-corrected chi connectivity index (χ2v) is 11.8. The number of hydrogen-bond acceptors (Lipinski definition) is 9. The number of sulfone groups is 1. The number of carbonyl (C=O) groups is 4. The summed E-state index contributed by atoms with van der Waals surface area (Å²) in [4.78, 5) is 51.3. The van der Waals surface area contributed by atoms with Crippen LogP contribution in [0.3, 0.4) is 0 Å². The van der Waals surface area contributed by atoms with Gasteiger partial charge in [-0.25, -0.2) is 22.8 Å². The zero-order chi connectivity index (χ0) is 25.8. The van der Waals surface area contributed by atoms with Crippen molar-refractivity contribution in [2.75, 3.05) is 0 Å².